The lowest BCUT2D eigenvalue weighted by Gasteiger charge is -2.33. The van der Waals surface area contributed by atoms with Crippen LogP contribution >= 0.6 is 0 Å². The van der Waals surface area contributed by atoms with Gasteiger partial charge in [-0.05, 0) is 58.2 Å². The van der Waals surface area contributed by atoms with E-state index in [4.69, 9.17) is 5.73 Å². The molecule has 0 bridgehead atoms. The van der Waals surface area contributed by atoms with Gasteiger partial charge in [0, 0.05) is 6.04 Å². The molecule has 0 amide bonds. The van der Waals surface area contributed by atoms with Gasteiger partial charge in [-0.3, -0.25) is 0 Å². The van der Waals surface area contributed by atoms with E-state index in [0.717, 1.165) is 24.9 Å². The number of rotatable bonds is 4. The molecule has 1 rings (SSSR count). The first-order valence-corrected chi connectivity index (χ1v) is 5.64. The molecule has 2 heteroatoms. The molecule has 2 nitrogen and oxygen atoms in total. The highest BCUT2D eigenvalue weighted by molar-refractivity contribution is 4.76. The Kier molecular flexibility index (Phi) is 4.74. The molecule has 0 atom stereocenters. The minimum absolute atomic E-state index is 0.827. The molecule has 1 aliphatic rings. The summed E-state index contributed by atoms with van der Waals surface area (Å²) in [6, 6.07) is 0.836. The molecule has 1 fully saturated rings. The van der Waals surface area contributed by atoms with Crippen molar-refractivity contribution in [1.82, 2.24) is 4.90 Å². The average Bonchev–Trinajstić information content (AvgIpc) is 2.15. The average molecular weight is 184 g/mol. The van der Waals surface area contributed by atoms with E-state index >= 15 is 0 Å². The van der Waals surface area contributed by atoms with E-state index in [-0.39, 0.29) is 0 Å². The molecule has 2 N–H and O–H groups in total. The quantitative estimate of drug-likeness (QED) is 0.722. The Balaban J connectivity index is 2.19. The largest absolute Gasteiger partial charge is 0.330 e. The highest BCUT2D eigenvalue weighted by atomic mass is 15.1. The van der Waals surface area contributed by atoms with Crippen molar-refractivity contribution >= 4 is 0 Å². The van der Waals surface area contributed by atoms with E-state index < -0.39 is 0 Å². The first kappa shape index (κ1) is 11.0. The van der Waals surface area contributed by atoms with Crippen LogP contribution in [0.2, 0.25) is 0 Å². The van der Waals surface area contributed by atoms with Crippen LogP contribution in [0.4, 0.5) is 0 Å². The third kappa shape index (κ3) is 3.65. The molecular weight excluding hydrogens is 160 g/mol. The summed E-state index contributed by atoms with van der Waals surface area (Å²) in [6.45, 7) is 4.37. The lowest BCUT2D eigenvalue weighted by molar-refractivity contribution is 0.169. The van der Waals surface area contributed by atoms with Gasteiger partial charge in [0.25, 0.3) is 0 Å². The van der Waals surface area contributed by atoms with Gasteiger partial charge in [-0.15, -0.1) is 0 Å². The second kappa shape index (κ2) is 5.61. The Bertz CT molecular complexity index is 128. The molecular formula is C11H24N2. The van der Waals surface area contributed by atoms with Crippen LogP contribution < -0.4 is 5.73 Å². The van der Waals surface area contributed by atoms with Crippen LogP contribution in [0.3, 0.4) is 0 Å². The SMILES string of the molecule is CN(CCCN)[C@H]1CC[C@H](C)CC1. The molecule has 0 radical (unpaired) electrons. The zero-order valence-electron chi connectivity index (χ0n) is 9.13. The van der Waals surface area contributed by atoms with Crippen molar-refractivity contribution in [2.45, 2.75) is 45.1 Å². The molecule has 0 unspecified atom stereocenters. The molecule has 0 aromatic heterocycles. The Morgan fingerprint density at radius 1 is 1.23 bits per heavy atom. The second-order valence-corrected chi connectivity index (χ2v) is 4.54. The first-order chi connectivity index (χ1) is 6.24. The van der Waals surface area contributed by atoms with Crippen LogP contribution in [0.5, 0.6) is 0 Å². The van der Waals surface area contributed by atoms with Crippen molar-refractivity contribution in [3.63, 3.8) is 0 Å². The number of hydrogen-bond acceptors (Lipinski definition) is 2. The zero-order valence-corrected chi connectivity index (χ0v) is 9.13. The van der Waals surface area contributed by atoms with Crippen molar-refractivity contribution < 1.29 is 0 Å². The predicted molar refractivity (Wildman–Crippen MR) is 57.7 cm³/mol. The smallest absolute Gasteiger partial charge is 0.00924 e. The molecule has 78 valence electrons. The van der Waals surface area contributed by atoms with E-state index in [1.165, 1.54) is 32.2 Å². The Labute approximate surface area is 82.5 Å². The van der Waals surface area contributed by atoms with Gasteiger partial charge in [0.1, 0.15) is 0 Å². The van der Waals surface area contributed by atoms with Gasteiger partial charge in [-0.1, -0.05) is 6.92 Å². The maximum absolute atomic E-state index is 5.50. The van der Waals surface area contributed by atoms with Gasteiger partial charge >= 0.3 is 0 Å². The summed E-state index contributed by atoms with van der Waals surface area (Å²) in [7, 11) is 2.25. The van der Waals surface area contributed by atoms with Gasteiger partial charge in [-0.2, -0.15) is 0 Å². The normalized spacial score (nSPS) is 29.5. The summed E-state index contributed by atoms with van der Waals surface area (Å²) in [5.41, 5.74) is 5.50. The van der Waals surface area contributed by atoms with Crippen LogP contribution in [-0.4, -0.2) is 31.1 Å². The van der Waals surface area contributed by atoms with Crippen molar-refractivity contribution in [2.24, 2.45) is 11.7 Å². The summed E-state index contributed by atoms with van der Waals surface area (Å²) in [4.78, 5) is 2.50. The topological polar surface area (TPSA) is 29.3 Å². The van der Waals surface area contributed by atoms with Crippen molar-refractivity contribution in [3.05, 3.63) is 0 Å². The van der Waals surface area contributed by atoms with E-state index in [0.29, 0.717) is 0 Å². The van der Waals surface area contributed by atoms with Crippen LogP contribution in [-0.2, 0) is 0 Å². The summed E-state index contributed by atoms with van der Waals surface area (Å²) in [5, 5.41) is 0. The van der Waals surface area contributed by atoms with Crippen LogP contribution in [0.25, 0.3) is 0 Å². The lowest BCUT2D eigenvalue weighted by atomic mass is 9.87. The van der Waals surface area contributed by atoms with E-state index in [1.54, 1.807) is 0 Å². The Hall–Kier alpha value is -0.0800. The highest BCUT2D eigenvalue weighted by Crippen LogP contribution is 2.26. The number of nitrogens with two attached hydrogens (primary N) is 1. The van der Waals surface area contributed by atoms with Gasteiger partial charge in [0.15, 0.2) is 0 Å². The summed E-state index contributed by atoms with van der Waals surface area (Å²) in [5.74, 6) is 0.958. The Morgan fingerprint density at radius 2 is 1.85 bits per heavy atom. The maximum Gasteiger partial charge on any atom is 0.00924 e. The van der Waals surface area contributed by atoms with Crippen LogP contribution in [0.1, 0.15) is 39.0 Å². The fourth-order valence-electron chi connectivity index (χ4n) is 2.21. The monoisotopic (exact) mass is 184 g/mol. The standard InChI is InChI=1S/C11H24N2/c1-10-4-6-11(7-5-10)13(2)9-3-8-12/h10-11H,3-9,12H2,1-2H3/t10-,11-. The van der Waals surface area contributed by atoms with Crippen LogP contribution in [0, 0.1) is 5.92 Å². The molecule has 0 spiro atoms. The second-order valence-electron chi connectivity index (χ2n) is 4.54. The number of nitrogens with zero attached hydrogens (tertiary/aromatic N) is 1. The molecule has 1 saturated carbocycles. The zero-order chi connectivity index (χ0) is 9.68. The van der Waals surface area contributed by atoms with E-state index in [2.05, 4.69) is 18.9 Å². The maximum atomic E-state index is 5.50. The minimum atomic E-state index is 0.827. The summed E-state index contributed by atoms with van der Waals surface area (Å²) in [6.07, 6.45) is 6.75. The fraction of sp³-hybridized carbons (Fsp3) is 1.00. The molecule has 13 heavy (non-hydrogen) atoms. The first-order valence-electron chi connectivity index (χ1n) is 5.64. The Morgan fingerprint density at radius 3 is 2.38 bits per heavy atom. The number of hydrogen-bond donors (Lipinski definition) is 1. The van der Waals surface area contributed by atoms with Crippen LogP contribution in [0.15, 0.2) is 0 Å². The minimum Gasteiger partial charge on any atom is -0.330 e. The van der Waals surface area contributed by atoms with Crippen molar-refractivity contribution in [2.75, 3.05) is 20.1 Å². The molecule has 0 saturated heterocycles. The molecule has 0 heterocycles. The molecule has 0 aromatic rings. The van der Waals surface area contributed by atoms with Gasteiger partial charge in [0.2, 0.25) is 0 Å². The predicted octanol–water partition coefficient (Wildman–Crippen LogP) is 1.85. The molecule has 0 aromatic carbocycles. The van der Waals surface area contributed by atoms with Crippen molar-refractivity contribution in [3.8, 4) is 0 Å². The summed E-state index contributed by atoms with van der Waals surface area (Å²) >= 11 is 0. The molecule has 1 aliphatic carbocycles. The molecule has 0 aliphatic heterocycles. The third-order valence-electron chi connectivity index (χ3n) is 3.32. The van der Waals surface area contributed by atoms with Gasteiger partial charge in [-0.25, -0.2) is 0 Å². The third-order valence-corrected chi connectivity index (χ3v) is 3.32. The van der Waals surface area contributed by atoms with Gasteiger partial charge in [0.05, 0.1) is 0 Å². The van der Waals surface area contributed by atoms with Crippen molar-refractivity contribution in [1.29, 1.82) is 0 Å². The lowest BCUT2D eigenvalue weighted by Crippen LogP contribution is -2.36. The van der Waals surface area contributed by atoms with E-state index in [9.17, 15) is 0 Å². The fourth-order valence-corrected chi connectivity index (χ4v) is 2.21. The van der Waals surface area contributed by atoms with Gasteiger partial charge < -0.3 is 10.6 Å². The highest BCUT2D eigenvalue weighted by Gasteiger charge is 2.20. The summed E-state index contributed by atoms with van der Waals surface area (Å²) < 4.78 is 0. The van der Waals surface area contributed by atoms with E-state index in [1.807, 2.05) is 0 Å².